The number of benzene rings is 2. The van der Waals surface area contributed by atoms with Crippen LogP contribution in [0.1, 0.15) is 30.9 Å². The summed E-state index contributed by atoms with van der Waals surface area (Å²) in [7, 11) is -2.94. The lowest BCUT2D eigenvalue weighted by molar-refractivity contribution is -0.125. The molecule has 4 nitrogen and oxygen atoms in total. The number of sulfone groups is 1. The van der Waals surface area contributed by atoms with Crippen LogP contribution in [0.5, 0.6) is 0 Å². The van der Waals surface area contributed by atoms with E-state index in [2.05, 4.69) is 36.5 Å². The van der Waals surface area contributed by atoms with Crippen LogP contribution < -0.4 is 5.32 Å². The van der Waals surface area contributed by atoms with Gasteiger partial charge in [-0.3, -0.25) is 4.79 Å². The van der Waals surface area contributed by atoms with Gasteiger partial charge < -0.3 is 5.32 Å². The van der Waals surface area contributed by atoms with Gasteiger partial charge in [-0.05, 0) is 41.2 Å². The van der Waals surface area contributed by atoms with E-state index in [0.717, 1.165) is 12.0 Å². The molecule has 24 heavy (non-hydrogen) atoms. The molecule has 0 atom stereocenters. The second-order valence-electron chi connectivity index (χ2n) is 6.42. The molecule has 1 N–H and O–H groups in total. The van der Waals surface area contributed by atoms with E-state index in [1.807, 2.05) is 12.1 Å². The lowest BCUT2D eigenvalue weighted by Gasteiger charge is -2.22. The van der Waals surface area contributed by atoms with E-state index < -0.39 is 9.84 Å². The quantitative estimate of drug-likeness (QED) is 0.927. The standard InChI is InChI=1S/C19H23NO3S/c1-2-14-7-8-15-5-3-4-6-17(15)18(14)13-20-19(21)16-9-11-24(22,23)12-10-16/h3-8,16H,2,9-13H2,1H3,(H,20,21). The predicted molar refractivity (Wildman–Crippen MR) is 96.6 cm³/mol. The summed E-state index contributed by atoms with van der Waals surface area (Å²) in [5.74, 6) is 0.0348. The fourth-order valence-corrected chi connectivity index (χ4v) is 4.88. The van der Waals surface area contributed by atoms with Crippen molar-refractivity contribution in [1.29, 1.82) is 0 Å². The predicted octanol–water partition coefficient (Wildman–Crippen LogP) is 2.84. The molecule has 0 spiro atoms. The molecule has 1 aliphatic heterocycles. The second-order valence-corrected chi connectivity index (χ2v) is 8.73. The fourth-order valence-electron chi connectivity index (χ4n) is 3.39. The molecule has 3 rings (SSSR count). The average molecular weight is 345 g/mol. The highest BCUT2D eigenvalue weighted by Crippen LogP contribution is 2.24. The summed E-state index contributed by atoms with van der Waals surface area (Å²) in [6.45, 7) is 2.61. The van der Waals surface area contributed by atoms with Crippen LogP contribution >= 0.6 is 0 Å². The Labute approximate surface area is 143 Å². The molecule has 2 aromatic rings. The minimum atomic E-state index is -2.94. The Bertz CT molecular complexity index is 844. The minimum Gasteiger partial charge on any atom is -0.352 e. The van der Waals surface area contributed by atoms with Crippen molar-refractivity contribution in [2.45, 2.75) is 32.7 Å². The Hall–Kier alpha value is -1.88. The number of rotatable bonds is 4. The monoisotopic (exact) mass is 345 g/mol. The maximum absolute atomic E-state index is 12.4. The zero-order valence-corrected chi connectivity index (χ0v) is 14.7. The van der Waals surface area contributed by atoms with Crippen molar-refractivity contribution in [1.82, 2.24) is 5.32 Å². The lowest BCUT2D eigenvalue weighted by atomic mass is 9.96. The summed E-state index contributed by atoms with van der Waals surface area (Å²) in [6.07, 6.45) is 1.78. The first kappa shape index (κ1) is 17.0. The van der Waals surface area contributed by atoms with Gasteiger partial charge >= 0.3 is 0 Å². The summed E-state index contributed by atoms with van der Waals surface area (Å²) in [4.78, 5) is 12.4. The summed E-state index contributed by atoms with van der Waals surface area (Å²) < 4.78 is 23.0. The van der Waals surface area contributed by atoms with Crippen LogP contribution in [-0.4, -0.2) is 25.8 Å². The Morgan fingerprint density at radius 2 is 1.83 bits per heavy atom. The van der Waals surface area contributed by atoms with Crippen LogP contribution in [0.3, 0.4) is 0 Å². The van der Waals surface area contributed by atoms with Gasteiger partial charge in [0.1, 0.15) is 9.84 Å². The smallest absolute Gasteiger partial charge is 0.223 e. The van der Waals surface area contributed by atoms with Crippen molar-refractivity contribution in [3.63, 3.8) is 0 Å². The van der Waals surface area contributed by atoms with E-state index >= 15 is 0 Å². The maximum Gasteiger partial charge on any atom is 0.223 e. The first-order chi connectivity index (χ1) is 11.5. The zero-order valence-electron chi connectivity index (χ0n) is 13.9. The van der Waals surface area contributed by atoms with E-state index in [1.54, 1.807) is 0 Å². The van der Waals surface area contributed by atoms with Gasteiger partial charge in [-0.2, -0.15) is 0 Å². The average Bonchev–Trinajstić information content (AvgIpc) is 2.59. The van der Waals surface area contributed by atoms with Gasteiger partial charge in [-0.1, -0.05) is 43.3 Å². The molecule has 1 aliphatic rings. The van der Waals surface area contributed by atoms with Gasteiger partial charge in [0.2, 0.25) is 5.91 Å². The molecule has 1 saturated heterocycles. The summed E-state index contributed by atoms with van der Waals surface area (Å²) in [6, 6.07) is 12.4. The van der Waals surface area contributed by atoms with Gasteiger partial charge in [-0.25, -0.2) is 8.42 Å². The molecule has 0 radical (unpaired) electrons. The van der Waals surface area contributed by atoms with Crippen LogP contribution in [0.4, 0.5) is 0 Å². The molecule has 5 heteroatoms. The third-order valence-electron chi connectivity index (χ3n) is 4.88. The highest BCUT2D eigenvalue weighted by molar-refractivity contribution is 7.91. The van der Waals surface area contributed by atoms with Gasteiger partial charge in [-0.15, -0.1) is 0 Å². The van der Waals surface area contributed by atoms with E-state index in [0.29, 0.717) is 19.4 Å². The Balaban J connectivity index is 1.75. The van der Waals surface area contributed by atoms with Crippen molar-refractivity contribution < 1.29 is 13.2 Å². The largest absolute Gasteiger partial charge is 0.352 e. The zero-order chi connectivity index (χ0) is 17.2. The fraction of sp³-hybridized carbons (Fsp3) is 0.421. The summed E-state index contributed by atoms with van der Waals surface area (Å²) in [5.41, 5.74) is 2.40. The number of fused-ring (bicyclic) bond motifs is 1. The third-order valence-corrected chi connectivity index (χ3v) is 6.60. The van der Waals surface area contributed by atoms with Crippen molar-refractivity contribution in [2.75, 3.05) is 11.5 Å². The molecule has 0 saturated carbocycles. The molecule has 0 aromatic heterocycles. The molecule has 1 heterocycles. The van der Waals surface area contributed by atoms with Gasteiger partial charge in [0.25, 0.3) is 0 Å². The molecule has 1 amide bonds. The number of carbonyl (C=O) groups is 1. The van der Waals surface area contributed by atoms with E-state index in [9.17, 15) is 13.2 Å². The van der Waals surface area contributed by atoms with Gasteiger partial charge in [0.15, 0.2) is 0 Å². The van der Waals surface area contributed by atoms with Crippen LogP contribution in [-0.2, 0) is 27.6 Å². The molecule has 1 fully saturated rings. The van der Waals surface area contributed by atoms with Crippen molar-refractivity contribution in [2.24, 2.45) is 5.92 Å². The summed E-state index contributed by atoms with van der Waals surface area (Å²) in [5, 5.41) is 5.37. The van der Waals surface area contributed by atoms with Crippen LogP contribution in [0, 0.1) is 5.92 Å². The normalized spacial score (nSPS) is 17.7. The highest BCUT2D eigenvalue weighted by atomic mass is 32.2. The number of aryl methyl sites for hydroxylation is 1. The molecular formula is C19H23NO3S. The topological polar surface area (TPSA) is 63.2 Å². The number of carbonyl (C=O) groups excluding carboxylic acids is 1. The molecule has 2 aromatic carbocycles. The molecule has 0 aliphatic carbocycles. The van der Waals surface area contributed by atoms with Crippen LogP contribution in [0.25, 0.3) is 10.8 Å². The summed E-state index contributed by atoms with van der Waals surface area (Å²) >= 11 is 0. The number of hydrogen-bond acceptors (Lipinski definition) is 3. The van der Waals surface area contributed by atoms with Crippen molar-refractivity contribution >= 4 is 26.5 Å². The third kappa shape index (κ3) is 3.61. The van der Waals surface area contributed by atoms with Gasteiger partial charge in [0.05, 0.1) is 11.5 Å². The Morgan fingerprint density at radius 1 is 1.12 bits per heavy atom. The van der Waals surface area contributed by atoms with Crippen molar-refractivity contribution in [3.05, 3.63) is 47.5 Å². The molecule has 0 bridgehead atoms. The SMILES string of the molecule is CCc1ccc2ccccc2c1CNC(=O)C1CCS(=O)(=O)CC1. The number of amides is 1. The number of hydrogen-bond donors (Lipinski definition) is 1. The van der Waals surface area contributed by atoms with Crippen LogP contribution in [0.15, 0.2) is 36.4 Å². The van der Waals surface area contributed by atoms with E-state index in [-0.39, 0.29) is 23.3 Å². The maximum atomic E-state index is 12.4. The first-order valence-electron chi connectivity index (χ1n) is 8.48. The second kappa shape index (κ2) is 6.93. The van der Waals surface area contributed by atoms with Gasteiger partial charge in [0, 0.05) is 12.5 Å². The molecule has 0 unspecified atom stereocenters. The molecule has 128 valence electrons. The molecular weight excluding hydrogens is 322 g/mol. The minimum absolute atomic E-state index is 0.0279. The van der Waals surface area contributed by atoms with E-state index in [4.69, 9.17) is 0 Å². The highest BCUT2D eigenvalue weighted by Gasteiger charge is 2.28. The van der Waals surface area contributed by atoms with E-state index in [1.165, 1.54) is 16.3 Å². The first-order valence-corrected chi connectivity index (χ1v) is 10.3. The van der Waals surface area contributed by atoms with Crippen molar-refractivity contribution in [3.8, 4) is 0 Å². The lowest BCUT2D eigenvalue weighted by Crippen LogP contribution is -2.36. The van der Waals surface area contributed by atoms with Crippen LogP contribution in [0.2, 0.25) is 0 Å². The number of nitrogens with one attached hydrogen (secondary N) is 1. The Morgan fingerprint density at radius 3 is 2.54 bits per heavy atom. The Kier molecular flexibility index (Phi) is 4.90.